The fourth-order valence-electron chi connectivity index (χ4n) is 4.91. The van der Waals surface area contributed by atoms with Crippen LogP contribution in [0.3, 0.4) is 0 Å². The lowest BCUT2D eigenvalue weighted by molar-refractivity contribution is 0.0954. The Morgan fingerprint density at radius 2 is 1.67 bits per heavy atom. The van der Waals surface area contributed by atoms with Crippen LogP contribution in [0.25, 0.3) is 0 Å². The number of aromatic nitrogens is 2. The zero-order valence-corrected chi connectivity index (χ0v) is 25.6. The van der Waals surface area contributed by atoms with Crippen LogP contribution >= 0.6 is 23.4 Å². The number of hydrogen-bond donors (Lipinski definition) is 1. The van der Waals surface area contributed by atoms with E-state index in [9.17, 15) is 9.18 Å². The summed E-state index contributed by atoms with van der Waals surface area (Å²) >= 11 is 7.83. The number of ether oxygens (including phenoxy) is 2. The van der Waals surface area contributed by atoms with Crippen molar-refractivity contribution in [1.82, 2.24) is 15.3 Å². The molecule has 1 amide bonds. The summed E-state index contributed by atoms with van der Waals surface area (Å²) in [7, 11) is 3.20. The lowest BCUT2D eigenvalue weighted by Crippen LogP contribution is -2.47. The van der Waals surface area contributed by atoms with E-state index in [4.69, 9.17) is 26.1 Å². The molecular formula is C32H33ClFN5O3S. The highest BCUT2D eigenvalue weighted by molar-refractivity contribution is 7.98. The van der Waals surface area contributed by atoms with Crippen LogP contribution in [0.15, 0.2) is 78.0 Å². The number of benzene rings is 3. The molecule has 1 aliphatic heterocycles. The maximum atomic E-state index is 14.2. The van der Waals surface area contributed by atoms with E-state index in [0.717, 1.165) is 16.9 Å². The van der Waals surface area contributed by atoms with Gasteiger partial charge in [0.25, 0.3) is 5.91 Å². The molecule has 0 bridgehead atoms. The number of thioether (sulfide) groups is 1. The Morgan fingerprint density at radius 3 is 2.44 bits per heavy atom. The zero-order chi connectivity index (χ0) is 30.2. The smallest absolute Gasteiger partial charge is 0.251 e. The molecule has 0 atom stereocenters. The average Bonchev–Trinajstić information content (AvgIpc) is 3.04. The first kappa shape index (κ1) is 30.4. The summed E-state index contributed by atoms with van der Waals surface area (Å²) in [5, 5.41) is 3.92. The quantitative estimate of drug-likeness (QED) is 0.126. The largest absolute Gasteiger partial charge is 0.493 e. The molecule has 1 fully saturated rings. The number of piperazine rings is 1. The summed E-state index contributed by atoms with van der Waals surface area (Å²) in [5.74, 6) is 2.31. The minimum Gasteiger partial charge on any atom is -0.493 e. The molecule has 1 aromatic heterocycles. The van der Waals surface area contributed by atoms with E-state index in [0.29, 0.717) is 78.0 Å². The van der Waals surface area contributed by atoms with Crippen LogP contribution in [0, 0.1) is 5.82 Å². The van der Waals surface area contributed by atoms with Crippen LogP contribution in [-0.4, -0.2) is 62.8 Å². The molecular weight excluding hydrogens is 589 g/mol. The summed E-state index contributed by atoms with van der Waals surface area (Å²) < 4.78 is 24.9. The van der Waals surface area contributed by atoms with E-state index < -0.39 is 0 Å². The highest BCUT2D eigenvalue weighted by atomic mass is 35.5. The van der Waals surface area contributed by atoms with Gasteiger partial charge < -0.3 is 24.6 Å². The third-order valence-electron chi connectivity index (χ3n) is 7.16. The Balaban J connectivity index is 1.14. The second-order valence-corrected chi connectivity index (χ2v) is 11.3. The van der Waals surface area contributed by atoms with Crippen LogP contribution in [0.4, 0.5) is 15.9 Å². The van der Waals surface area contributed by atoms with Crippen molar-refractivity contribution in [1.29, 1.82) is 0 Å². The minimum atomic E-state index is -0.212. The van der Waals surface area contributed by atoms with E-state index in [-0.39, 0.29) is 11.7 Å². The molecule has 2 heterocycles. The third kappa shape index (κ3) is 7.88. The molecule has 0 radical (unpaired) electrons. The summed E-state index contributed by atoms with van der Waals surface area (Å²) in [6.45, 7) is 3.22. The number of anilines is 2. The van der Waals surface area contributed by atoms with Crippen LogP contribution in [0.5, 0.6) is 11.5 Å². The first-order chi connectivity index (χ1) is 20.9. The maximum absolute atomic E-state index is 14.2. The second-order valence-electron chi connectivity index (χ2n) is 9.94. The molecule has 1 saturated heterocycles. The predicted octanol–water partition coefficient (Wildman–Crippen LogP) is 5.88. The maximum Gasteiger partial charge on any atom is 0.251 e. The van der Waals surface area contributed by atoms with Crippen molar-refractivity contribution in [3.05, 3.63) is 100 Å². The fraction of sp³-hybridized carbons (Fsp3) is 0.281. The summed E-state index contributed by atoms with van der Waals surface area (Å²) in [6, 6.07) is 21.9. The Morgan fingerprint density at radius 1 is 0.907 bits per heavy atom. The van der Waals surface area contributed by atoms with E-state index in [2.05, 4.69) is 15.2 Å². The van der Waals surface area contributed by atoms with Crippen LogP contribution in [0.1, 0.15) is 21.5 Å². The predicted molar refractivity (Wildman–Crippen MR) is 169 cm³/mol. The normalized spacial score (nSPS) is 13.1. The van der Waals surface area contributed by atoms with E-state index in [1.165, 1.54) is 17.8 Å². The fourth-order valence-corrected chi connectivity index (χ4v) is 5.93. The highest BCUT2D eigenvalue weighted by Crippen LogP contribution is 2.28. The molecule has 11 heteroatoms. The van der Waals surface area contributed by atoms with Gasteiger partial charge in [0.1, 0.15) is 16.8 Å². The van der Waals surface area contributed by atoms with Gasteiger partial charge in [-0.3, -0.25) is 4.79 Å². The van der Waals surface area contributed by atoms with Gasteiger partial charge in [0.15, 0.2) is 16.7 Å². The molecule has 5 rings (SSSR count). The number of carbonyl (C=O) groups excluding carboxylic acids is 1. The molecule has 1 N–H and O–H groups in total. The number of carbonyl (C=O) groups is 1. The van der Waals surface area contributed by atoms with Gasteiger partial charge in [-0.1, -0.05) is 53.7 Å². The van der Waals surface area contributed by atoms with Gasteiger partial charge in [0.2, 0.25) is 0 Å². The standard InChI is InChI=1S/C32H33ClFN5O3S/c1-41-27-11-10-22(19-28(27)42-2)12-13-35-31(40)24-7-5-6-23(18-24)21-43-32-36-29(33)20-30(37-32)39-16-14-38(15-17-39)26-9-4-3-8-25(26)34/h3-11,18-20H,12-17,21H2,1-2H3,(H,35,40). The van der Waals surface area contributed by atoms with Crippen molar-refractivity contribution in [2.75, 3.05) is 56.7 Å². The number of para-hydroxylation sites is 1. The number of nitrogens with one attached hydrogen (secondary N) is 1. The van der Waals surface area contributed by atoms with Crippen molar-refractivity contribution in [3.63, 3.8) is 0 Å². The Hall–Kier alpha value is -4.02. The number of nitrogens with zero attached hydrogens (tertiary/aromatic N) is 4. The van der Waals surface area contributed by atoms with Crippen molar-refractivity contribution >= 4 is 40.8 Å². The molecule has 1 aliphatic rings. The lowest BCUT2D eigenvalue weighted by Gasteiger charge is -2.36. The van der Waals surface area contributed by atoms with Gasteiger partial charge in [-0.2, -0.15) is 0 Å². The minimum absolute atomic E-state index is 0.136. The molecule has 3 aromatic carbocycles. The Kier molecular flexibility index (Phi) is 10.2. The van der Waals surface area contributed by atoms with Gasteiger partial charge in [-0.25, -0.2) is 14.4 Å². The molecule has 224 valence electrons. The van der Waals surface area contributed by atoms with Crippen LogP contribution < -0.4 is 24.6 Å². The van der Waals surface area contributed by atoms with Gasteiger partial charge >= 0.3 is 0 Å². The van der Waals surface area contributed by atoms with E-state index in [1.54, 1.807) is 38.5 Å². The van der Waals surface area contributed by atoms with E-state index >= 15 is 0 Å². The van der Waals surface area contributed by atoms with Crippen molar-refractivity contribution in [2.45, 2.75) is 17.3 Å². The first-order valence-corrected chi connectivity index (χ1v) is 15.3. The number of hydrogen-bond acceptors (Lipinski definition) is 8. The van der Waals surface area contributed by atoms with Crippen LogP contribution in [0.2, 0.25) is 5.15 Å². The Bertz CT molecular complexity index is 1570. The lowest BCUT2D eigenvalue weighted by atomic mass is 10.1. The van der Waals surface area contributed by atoms with Gasteiger partial charge in [-0.05, 0) is 53.9 Å². The number of methoxy groups -OCH3 is 2. The molecule has 0 spiro atoms. The highest BCUT2D eigenvalue weighted by Gasteiger charge is 2.21. The monoisotopic (exact) mass is 621 g/mol. The van der Waals surface area contributed by atoms with Crippen LogP contribution in [-0.2, 0) is 12.2 Å². The Labute approximate surface area is 260 Å². The van der Waals surface area contributed by atoms with Crippen molar-refractivity contribution < 1.29 is 18.7 Å². The van der Waals surface area contributed by atoms with Crippen molar-refractivity contribution in [3.8, 4) is 11.5 Å². The summed E-state index contributed by atoms with van der Waals surface area (Å²) in [6.07, 6.45) is 0.661. The topological polar surface area (TPSA) is 79.8 Å². The summed E-state index contributed by atoms with van der Waals surface area (Å²) in [5.41, 5.74) is 3.22. The molecule has 4 aromatic rings. The number of rotatable bonds is 11. The number of amides is 1. The zero-order valence-electron chi connectivity index (χ0n) is 24.1. The third-order valence-corrected chi connectivity index (χ3v) is 8.27. The van der Waals surface area contributed by atoms with Crippen molar-refractivity contribution in [2.24, 2.45) is 0 Å². The average molecular weight is 622 g/mol. The summed E-state index contributed by atoms with van der Waals surface area (Å²) in [4.78, 5) is 26.2. The van der Waals surface area contributed by atoms with Gasteiger partial charge in [0, 0.05) is 50.1 Å². The van der Waals surface area contributed by atoms with E-state index in [1.807, 2.05) is 47.4 Å². The molecule has 0 saturated carbocycles. The SMILES string of the molecule is COc1ccc(CCNC(=O)c2cccc(CSc3nc(Cl)cc(N4CCN(c5ccccc5F)CC4)n3)c2)cc1OC. The second kappa shape index (κ2) is 14.4. The molecule has 43 heavy (non-hydrogen) atoms. The first-order valence-electron chi connectivity index (χ1n) is 13.9. The molecule has 0 unspecified atom stereocenters. The molecule has 8 nitrogen and oxygen atoms in total. The van der Waals surface area contributed by atoms with Gasteiger partial charge in [-0.15, -0.1) is 0 Å². The molecule has 0 aliphatic carbocycles. The number of halogens is 2. The van der Waals surface area contributed by atoms with Gasteiger partial charge in [0.05, 0.1) is 19.9 Å².